The molecule has 2 saturated heterocycles. The number of aryl methyl sites for hydroxylation is 1. The lowest BCUT2D eigenvalue weighted by atomic mass is 9.98. The number of pyridine rings is 1. The van der Waals surface area contributed by atoms with E-state index in [4.69, 9.17) is 0 Å². The number of nitrogens with zero attached hydrogens (tertiary/aromatic N) is 5. The number of halogens is 1. The summed E-state index contributed by atoms with van der Waals surface area (Å²) in [4.78, 5) is 9.01. The summed E-state index contributed by atoms with van der Waals surface area (Å²) in [5.41, 5.74) is 2.07. The summed E-state index contributed by atoms with van der Waals surface area (Å²) in [5, 5.41) is 3.33. The molecule has 2 aliphatic heterocycles. The molecular weight excluding hydrogens is 300 g/mol. The van der Waals surface area contributed by atoms with Gasteiger partial charge in [-0.05, 0) is 31.9 Å². The first-order valence-corrected chi connectivity index (χ1v) is 8.38. The number of aromatic nitrogens is 3. The molecule has 22 heavy (non-hydrogen) atoms. The molecule has 5 nitrogen and oxygen atoms in total. The van der Waals surface area contributed by atoms with Crippen molar-refractivity contribution in [3.63, 3.8) is 0 Å². The second-order valence-electron chi connectivity index (χ2n) is 6.51. The van der Waals surface area contributed by atoms with E-state index in [1.54, 1.807) is 0 Å². The molecule has 4 heterocycles. The fraction of sp³-hybridized carbons (Fsp3) is 0.600. The van der Waals surface area contributed by atoms with Crippen molar-refractivity contribution in [2.45, 2.75) is 31.2 Å². The molecule has 2 aromatic rings. The van der Waals surface area contributed by atoms with Gasteiger partial charge in [-0.3, -0.25) is 4.90 Å². The van der Waals surface area contributed by atoms with Crippen molar-refractivity contribution in [2.24, 2.45) is 0 Å². The fourth-order valence-corrected chi connectivity index (χ4v) is 4.02. The Hall–Kier alpha value is -1.26. The van der Waals surface area contributed by atoms with Crippen LogP contribution >= 0.6 is 9.24 Å². The van der Waals surface area contributed by atoms with Gasteiger partial charge in [0.2, 0.25) is 0 Å². The summed E-state index contributed by atoms with van der Waals surface area (Å²) >= 11 is 0. The largest absolute Gasteiger partial charge is 0.370 e. The van der Waals surface area contributed by atoms with E-state index in [1.165, 1.54) is 5.69 Å². The van der Waals surface area contributed by atoms with Crippen LogP contribution in [0.4, 0.5) is 10.1 Å². The Kier molecular flexibility index (Phi) is 3.35. The first-order valence-electron chi connectivity index (χ1n) is 7.80. The number of hydrogen-bond donors (Lipinski definition) is 0. The van der Waals surface area contributed by atoms with Crippen molar-refractivity contribution in [1.29, 1.82) is 0 Å². The number of rotatable bonds is 2. The van der Waals surface area contributed by atoms with Crippen LogP contribution in [0.15, 0.2) is 18.3 Å². The highest BCUT2D eigenvalue weighted by Crippen LogP contribution is 2.35. The average Bonchev–Trinajstić information content (AvgIpc) is 2.84. The molecule has 0 N–H and O–H groups in total. The number of likely N-dealkylation sites (tertiary alicyclic amines) is 1. The zero-order valence-electron chi connectivity index (χ0n) is 12.7. The van der Waals surface area contributed by atoms with Gasteiger partial charge in [0, 0.05) is 32.2 Å². The molecule has 118 valence electrons. The summed E-state index contributed by atoms with van der Waals surface area (Å²) in [6, 6.07) is 4.66. The molecule has 0 bridgehead atoms. The predicted octanol–water partition coefficient (Wildman–Crippen LogP) is 1.86. The molecule has 1 atom stereocenters. The molecular formula is C15H21FN5P. The summed E-state index contributed by atoms with van der Waals surface area (Å²) in [7, 11) is 2.33. The number of anilines is 1. The van der Waals surface area contributed by atoms with Crippen LogP contribution in [0.1, 0.15) is 18.7 Å². The van der Waals surface area contributed by atoms with Crippen LogP contribution in [0.25, 0.3) is 5.65 Å². The van der Waals surface area contributed by atoms with Gasteiger partial charge in [-0.25, -0.2) is 13.9 Å². The molecule has 4 rings (SSSR count). The highest BCUT2D eigenvalue weighted by Gasteiger charge is 2.42. The van der Waals surface area contributed by atoms with Crippen LogP contribution in [0, 0.1) is 6.92 Å². The van der Waals surface area contributed by atoms with E-state index in [2.05, 4.69) is 41.4 Å². The van der Waals surface area contributed by atoms with Gasteiger partial charge in [0.1, 0.15) is 11.2 Å². The van der Waals surface area contributed by atoms with E-state index in [-0.39, 0.29) is 0 Å². The molecule has 0 amide bonds. The van der Waals surface area contributed by atoms with Gasteiger partial charge < -0.3 is 4.90 Å². The summed E-state index contributed by atoms with van der Waals surface area (Å²) in [5.74, 6) is 0.792. The van der Waals surface area contributed by atoms with E-state index >= 15 is 0 Å². The summed E-state index contributed by atoms with van der Waals surface area (Å²) in [6.07, 6.45) is 4.24. The lowest BCUT2D eigenvalue weighted by Crippen LogP contribution is -2.60. The minimum absolute atomic E-state index is 0.526. The Morgan fingerprint density at radius 2 is 2.00 bits per heavy atom. The second-order valence-corrected chi connectivity index (χ2v) is 7.54. The molecule has 0 radical (unpaired) electrons. The highest BCUT2D eigenvalue weighted by molar-refractivity contribution is 7.18. The minimum Gasteiger partial charge on any atom is -0.370 e. The number of piperidine rings is 1. The molecule has 2 aromatic heterocycles. The van der Waals surface area contributed by atoms with Crippen LogP contribution in [-0.4, -0.2) is 57.1 Å². The van der Waals surface area contributed by atoms with Crippen LogP contribution in [0.2, 0.25) is 0 Å². The SMILES string of the molecule is Cc1nc2ccc(N3CCC(N4CC(F)(P)C4)CC3)cn2n1. The zero-order valence-corrected chi connectivity index (χ0v) is 13.9. The molecule has 2 fully saturated rings. The Morgan fingerprint density at radius 1 is 1.27 bits per heavy atom. The molecule has 0 spiro atoms. The summed E-state index contributed by atoms with van der Waals surface area (Å²) in [6.45, 7) is 5.05. The maximum absolute atomic E-state index is 13.6. The van der Waals surface area contributed by atoms with E-state index in [1.807, 2.05) is 17.5 Å². The second kappa shape index (κ2) is 5.14. The molecule has 0 aliphatic carbocycles. The Morgan fingerprint density at radius 3 is 2.68 bits per heavy atom. The van der Waals surface area contributed by atoms with Gasteiger partial charge >= 0.3 is 0 Å². The van der Waals surface area contributed by atoms with E-state index < -0.39 is 5.41 Å². The van der Waals surface area contributed by atoms with E-state index in [0.717, 1.165) is 37.4 Å². The van der Waals surface area contributed by atoms with Gasteiger partial charge in [0.15, 0.2) is 5.65 Å². The third-order valence-corrected chi connectivity index (χ3v) is 5.06. The highest BCUT2D eigenvalue weighted by atomic mass is 31.0. The summed E-state index contributed by atoms with van der Waals surface area (Å²) < 4.78 is 15.4. The molecule has 0 aromatic carbocycles. The first-order chi connectivity index (χ1) is 10.5. The van der Waals surface area contributed by atoms with Crippen molar-refractivity contribution in [3.05, 3.63) is 24.2 Å². The van der Waals surface area contributed by atoms with Crippen molar-refractivity contribution < 1.29 is 4.39 Å². The third kappa shape index (κ3) is 2.59. The third-order valence-electron chi connectivity index (χ3n) is 4.70. The maximum Gasteiger partial charge on any atom is 0.155 e. The predicted molar refractivity (Wildman–Crippen MR) is 88.1 cm³/mol. The van der Waals surface area contributed by atoms with Crippen molar-refractivity contribution in [2.75, 3.05) is 31.1 Å². The molecule has 7 heteroatoms. The van der Waals surface area contributed by atoms with Crippen LogP contribution in [-0.2, 0) is 0 Å². The number of hydrogen-bond acceptors (Lipinski definition) is 4. The smallest absolute Gasteiger partial charge is 0.155 e. The lowest BCUT2D eigenvalue weighted by Gasteiger charge is -2.49. The fourth-order valence-electron chi connectivity index (χ4n) is 3.55. The van der Waals surface area contributed by atoms with Gasteiger partial charge in [-0.2, -0.15) is 5.10 Å². The Labute approximate surface area is 131 Å². The average molecular weight is 321 g/mol. The lowest BCUT2D eigenvalue weighted by molar-refractivity contribution is -0.00374. The van der Waals surface area contributed by atoms with Crippen molar-refractivity contribution in [3.8, 4) is 0 Å². The molecule has 2 aliphatic rings. The molecule has 0 saturated carbocycles. The molecule has 1 unspecified atom stereocenters. The van der Waals surface area contributed by atoms with Gasteiger partial charge in [-0.15, -0.1) is 0 Å². The number of fused-ring (bicyclic) bond motifs is 1. The van der Waals surface area contributed by atoms with Crippen LogP contribution in [0.5, 0.6) is 0 Å². The van der Waals surface area contributed by atoms with Crippen molar-refractivity contribution in [1.82, 2.24) is 19.5 Å². The quantitative estimate of drug-likeness (QED) is 0.791. The monoisotopic (exact) mass is 321 g/mol. The van der Waals surface area contributed by atoms with Gasteiger partial charge in [0.25, 0.3) is 0 Å². The Bertz CT molecular complexity index is 684. The van der Waals surface area contributed by atoms with Crippen LogP contribution in [0.3, 0.4) is 0 Å². The van der Waals surface area contributed by atoms with E-state index in [0.29, 0.717) is 19.1 Å². The Balaban J connectivity index is 1.42. The number of alkyl halides is 1. The van der Waals surface area contributed by atoms with Gasteiger partial charge in [0.05, 0.1) is 11.9 Å². The standard InChI is InChI=1S/C15H21FN5P/c1-11-17-14-3-2-13(8-21(14)18-11)19-6-4-12(5-7-19)20-9-15(16,22)10-20/h2-3,8,12H,4-7,9-10,22H2,1H3. The zero-order chi connectivity index (χ0) is 15.3. The minimum atomic E-state index is -1.05. The maximum atomic E-state index is 13.6. The van der Waals surface area contributed by atoms with Crippen LogP contribution < -0.4 is 4.90 Å². The van der Waals surface area contributed by atoms with E-state index in [9.17, 15) is 4.39 Å². The normalized spacial score (nSPS) is 23.0. The van der Waals surface area contributed by atoms with Crippen molar-refractivity contribution >= 4 is 20.6 Å². The first kappa shape index (κ1) is 14.3. The topological polar surface area (TPSA) is 36.7 Å². The van der Waals surface area contributed by atoms with Gasteiger partial charge in [-0.1, -0.05) is 9.24 Å².